The van der Waals surface area contributed by atoms with Gasteiger partial charge in [-0.3, -0.25) is 11.3 Å². The van der Waals surface area contributed by atoms with Crippen LogP contribution in [0.25, 0.3) is 0 Å². The van der Waals surface area contributed by atoms with E-state index in [1.165, 1.54) is 6.07 Å². The summed E-state index contributed by atoms with van der Waals surface area (Å²) < 4.78 is 13.5. The summed E-state index contributed by atoms with van der Waals surface area (Å²) in [4.78, 5) is 0. The molecule has 0 bridgehead atoms. The van der Waals surface area contributed by atoms with Crippen molar-refractivity contribution in [3.05, 3.63) is 34.6 Å². The van der Waals surface area contributed by atoms with Crippen LogP contribution < -0.4 is 11.3 Å². The second kappa shape index (κ2) is 6.33. The van der Waals surface area contributed by atoms with Crippen molar-refractivity contribution in [1.29, 1.82) is 0 Å². The second-order valence-electron chi connectivity index (χ2n) is 3.17. The Morgan fingerprint density at radius 3 is 2.87 bits per heavy atom. The van der Waals surface area contributed by atoms with Crippen LogP contribution in [-0.2, 0) is 0 Å². The first-order valence-corrected chi connectivity index (χ1v) is 6.36. The summed E-state index contributed by atoms with van der Waals surface area (Å²) in [6.07, 6.45) is 2.79. The van der Waals surface area contributed by atoms with Crippen molar-refractivity contribution >= 4 is 23.4 Å². The molecular weight excluding hydrogens is 235 g/mol. The third-order valence-corrected chi connectivity index (χ3v) is 3.03. The van der Waals surface area contributed by atoms with Gasteiger partial charge in [0, 0.05) is 16.6 Å². The molecule has 0 aliphatic carbocycles. The van der Waals surface area contributed by atoms with E-state index >= 15 is 0 Å². The molecule has 0 saturated heterocycles. The minimum absolute atomic E-state index is 0.158. The highest BCUT2D eigenvalue weighted by Crippen LogP contribution is 2.23. The minimum Gasteiger partial charge on any atom is -0.271 e. The van der Waals surface area contributed by atoms with Crippen molar-refractivity contribution in [3.63, 3.8) is 0 Å². The molecule has 1 unspecified atom stereocenters. The predicted octanol–water partition coefficient (Wildman–Crippen LogP) is 2.74. The molecule has 0 radical (unpaired) electrons. The first kappa shape index (κ1) is 12.8. The molecule has 1 aromatic carbocycles. The van der Waals surface area contributed by atoms with E-state index in [9.17, 15) is 4.39 Å². The van der Waals surface area contributed by atoms with Crippen molar-refractivity contribution < 1.29 is 4.39 Å². The molecule has 1 atom stereocenters. The average Bonchev–Trinajstić information content (AvgIpc) is 2.21. The monoisotopic (exact) mass is 248 g/mol. The normalized spacial score (nSPS) is 12.8. The van der Waals surface area contributed by atoms with E-state index < -0.39 is 0 Å². The summed E-state index contributed by atoms with van der Waals surface area (Å²) in [6.45, 7) is 0. The molecule has 0 fully saturated rings. The number of halogens is 2. The lowest BCUT2D eigenvalue weighted by atomic mass is 10.0. The van der Waals surface area contributed by atoms with Gasteiger partial charge in [0.25, 0.3) is 0 Å². The number of hydrogen-bond acceptors (Lipinski definition) is 3. The largest absolute Gasteiger partial charge is 0.271 e. The Labute approximate surface area is 98.3 Å². The van der Waals surface area contributed by atoms with Crippen LogP contribution in [0.1, 0.15) is 18.0 Å². The molecular formula is C10H14ClFN2S. The van der Waals surface area contributed by atoms with Crippen LogP contribution in [0.15, 0.2) is 18.2 Å². The molecule has 0 aromatic heterocycles. The highest BCUT2D eigenvalue weighted by Gasteiger charge is 2.13. The number of nitrogens with two attached hydrogens (primary N) is 1. The fraction of sp³-hybridized carbons (Fsp3) is 0.400. The first-order chi connectivity index (χ1) is 7.19. The summed E-state index contributed by atoms with van der Waals surface area (Å²) in [7, 11) is 0. The van der Waals surface area contributed by atoms with E-state index in [2.05, 4.69) is 5.43 Å². The van der Waals surface area contributed by atoms with Crippen LogP contribution in [0.2, 0.25) is 5.02 Å². The zero-order valence-electron chi connectivity index (χ0n) is 8.47. The lowest BCUT2D eigenvalue weighted by molar-refractivity contribution is 0.504. The van der Waals surface area contributed by atoms with E-state index in [4.69, 9.17) is 17.4 Å². The van der Waals surface area contributed by atoms with Crippen molar-refractivity contribution in [2.75, 3.05) is 12.0 Å². The van der Waals surface area contributed by atoms with Gasteiger partial charge >= 0.3 is 0 Å². The molecule has 1 rings (SSSR count). The predicted molar refractivity (Wildman–Crippen MR) is 64.5 cm³/mol. The Balaban J connectivity index is 2.81. The standard InChI is InChI=1S/C10H14ClFN2S/c1-15-5-4-10(14-13)8-3-2-7(11)6-9(8)12/h2-3,6,10,14H,4-5,13H2,1H3. The molecule has 0 heterocycles. The van der Waals surface area contributed by atoms with Gasteiger partial charge in [0.1, 0.15) is 5.82 Å². The fourth-order valence-electron chi connectivity index (χ4n) is 1.35. The Bertz CT molecular complexity index is 322. The first-order valence-electron chi connectivity index (χ1n) is 4.59. The van der Waals surface area contributed by atoms with Crippen LogP contribution >= 0.6 is 23.4 Å². The maximum atomic E-state index is 13.5. The van der Waals surface area contributed by atoms with Crippen LogP contribution in [0.4, 0.5) is 4.39 Å². The maximum Gasteiger partial charge on any atom is 0.129 e. The summed E-state index contributed by atoms with van der Waals surface area (Å²) >= 11 is 7.38. The fourth-order valence-corrected chi connectivity index (χ4v) is 1.98. The van der Waals surface area contributed by atoms with Crippen molar-refractivity contribution in [1.82, 2.24) is 5.43 Å². The average molecular weight is 249 g/mol. The number of hydrazine groups is 1. The van der Waals surface area contributed by atoms with Gasteiger partial charge in [-0.2, -0.15) is 11.8 Å². The SMILES string of the molecule is CSCCC(NN)c1ccc(Cl)cc1F. The van der Waals surface area contributed by atoms with Gasteiger partial charge in [-0.15, -0.1) is 0 Å². The van der Waals surface area contributed by atoms with Gasteiger partial charge in [0.2, 0.25) is 0 Å². The molecule has 0 aliphatic rings. The topological polar surface area (TPSA) is 38.0 Å². The summed E-state index contributed by atoms with van der Waals surface area (Å²) in [6, 6.07) is 4.49. The van der Waals surface area contributed by atoms with E-state index in [0.717, 1.165) is 12.2 Å². The van der Waals surface area contributed by atoms with Gasteiger partial charge in [0.05, 0.1) is 0 Å². The zero-order valence-corrected chi connectivity index (χ0v) is 10.0. The molecule has 2 nitrogen and oxygen atoms in total. The maximum absolute atomic E-state index is 13.5. The molecule has 84 valence electrons. The number of hydrogen-bond donors (Lipinski definition) is 2. The molecule has 15 heavy (non-hydrogen) atoms. The van der Waals surface area contributed by atoms with Crippen molar-refractivity contribution in [3.8, 4) is 0 Å². The highest BCUT2D eigenvalue weighted by molar-refractivity contribution is 7.98. The minimum atomic E-state index is -0.313. The lowest BCUT2D eigenvalue weighted by Crippen LogP contribution is -2.29. The molecule has 0 amide bonds. The molecule has 1 aromatic rings. The van der Waals surface area contributed by atoms with Gasteiger partial charge in [-0.25, -0.2) is 4.39 Å². The second-order valence-corrected chi connectivity index (χ2v) is 4.59. The third-order valence-electron chi connectivity index (χ3n) is 2.15. The quantitative estimate of drug-likeness (QED) is 0.622. The van der Waals surface area contributed by atoms with Gasteiger partial charge < -0.3 is 0 Å². The number of benzene rings is 1. The molecule has 3 N–H and O–H groups in total. The molecule has 0 spiro atoms. The summed E-state index contributed by atoms with van der Waals surface area (Å²) in [5, 5.41) is 0.400. The van der Waals surface area contributed by atoms with E-state index in [1.54, 1.807) is 23.9 Å². The summed E-state index contributed by atoms with van der Waals surface area (Å²) in [5.41, 5.74) is 3.18. The Morgan fingerprint density at radius 1 is 1.60 bits per heavy atom. The van der Waals surface area contributed by atoms with E-state index in [-0.39, 0.29) is 11.9 Å². The highest BCUT2D eigenvalue weighted by atomic mass is 35.5. The van der Waals surface area contributed by atoms with Gasteiger partial charge in [0.15, 0.2) is 0 Å². The number of thioether (sulfide) groups is 1. The van der Waals surface area contributed by atoms with Crippen molar-refractivity contribution in [2.45, 2.75) is 12.5 Å². The van der Waals surface area contributed by atoms with Crippen LogP contribution in [0, 0.1) is 5.82 Å². The lowest BCUT2D eigenvalue weighted by Gasteiger charge is -2.16. The smallest absolute Gasteiger partial charge is 0.129 e. The summed E-state index contributed by atoms with van der Waals surface area (Å²) in [5.74, 6) is 6.01. The molecule has 0 aliphatic heterocycles. The van der Waals surface area contributed by atoms with Crippen LogP contribution in [0.3, 0.4) is 0 Å². The van der Waals surface area contributed by atoms with Crippen molar-refractivity contribution in [2.24, 2.45) is 5.84 Å². The van der Waals surface area contributed by atoms with Gasteiger partial charge in [-0.1, -0.05) is 17.7 Å². The molecule has 0 saturated carbocycles. The Hall–Kier alpha value is -0.290. The van der Waals surface area contributed by atoms with E-state index in [0.29, 0.717) is 10.6 Å². The number of rotatable bonds is 5. The zero-order chi connectivity index (χ0) is 11.3. The molecule has 5 heteroatoms. The van der Waals surface area contributed by atoms with Gasteiger partial charge in [-0.05, 0) is 30.6 Å². The van der Waals surface area contributed by atoms with Crippen LogP contribution in [0.5, 0.6) is 0 Å². The third kappa shape index (κ3) is 3.65. The Kier molecular flexibility index (Phi) is 5.39. The Morgan fingerprint density at radius 2 is 2.33 bits per heavy atom. The van der Waals surface area contributed by atoms with Crippen LogP contribution in [-0.4, -0.2) is 12.0 Å². The number of nitrogens with one attached hydrogen (secondary N) is 1. The van der Waals surface area contributed by atoms with E-state index in [1.807, 2.05) is 6.26 Å².